The smallest absolute Gasteiger partial charge is 0.305 e. The van der Waals surface area contributed by atoms with Crippen LogP contribution in [-0.2, 0) is 14.3 Å². The first-order valence-corrected chi connectivity index (χ1v) is 4.94. The van der Waals surface area contributed by atoms with E-state index in [1.54, 1.807) is 6.92 Å². The second kappa shape index (κ2) is 5.67. The summed E-state index contributed by atoms with van der Waals surface area (Å²) in [5, 5.41) is 14.1. The molecule has 2 atom stereocenters. The van der Waals surface area contributed by atoms with Gasteiger partial charge in [-0.2, -0.15) is 0 Å². The van der Waals surface area contributed by atoms with Crippen LogP contribution in [-0.4, -0.2) is 48.8 Å². The molecule has 0 saturated carbocycles. The molecule has 1 aliphatic heterocycles. The third kappa shape index (κ3) is 4.26. The van der Waals surface area contributed by atoms with Crippen molar-refractivity contribution in [3.05, 3.63) is 0 Å². The monoisotopic (exact) mass is 216 g/mol. The summed E-state index contributed by atoms with van der Waals surface area (Å²) in [4.78, 5) is 21.9. The number of carbonyl (C=O) groups is 2. The molecule has 0 aromatic rings. The minimum Gasteiger partial charge on any atom is -0.481 e. The molecule has 6 heteroatoms. The van der Waals surface area contributed by atoms with Gasteiger partial charge in [0.15, 0.2) is 0 Å². The lowest BCUT2D eigenvalue weighted by Crippen LogP contribution is -2.50. The fourth-order valence-corrected chi connectivity index (χ4v) is 1.38. The Hall–Kier alpha value is -1.14. The summed E-state index contributed by atoms with van der Waals surface area (Å²) in [7, 11) is 0. The van der Waals surface area contributed by atoms with Crippen molar-refractivity contribution in [2.45, 2.75) is 25.5 Å². The zero-order valence-electron chi connectivity index (χ0n) is 8.66. The maximum absolute atomic E-state index is 11.5. The van der Waals surface area contributed by atoms with Crippen LogP contribution in [0.2, 0.25) is 0 Å². The van der Waals surface area contributed by atoms with E-state index in [1.165, 1.54) is 0 Å². The summed E-state index contributed by atoms with van der Waals surface area (Å²) in [6.07, 6.45) is -0.582. The minimum atomic E-state index is -0.925. The number of aliphatic carboxylic acids is 1. The Labute approximate surface area is 88.0 Å². The zero-order valence-corrected chi connectivity index (χ0v) is 8.66. The summed E-state index contributed by atoms with van der Waals surface area (Å²) in [5.74, 6) is -1.18. The van der Waals surface area contributed by atoms with Crippen LogP contribution in [0.5, 0.6) is 0 Å². The first-order chi connectivity index (χ1) is 7.09. The summed E-state index contributed by atoms with van der Waals surface area (Å²) in [5.41, 5.74) is 0. The largest absolute Gasteiger partial charge is 0.481 e. The topological polar surface area (TPSA) is 87.7 Å². The second-order valence-electron chi connectivity index (χ2n) is 3.57. The number of ether oxygens (including phenoxy) is 1. The number of hydrogen-bond donors (Lipinski definition) is 3. The molecule has 0 radical (unpaired) electrons. The first kappa shape index (κ1) is 11.9. The van der Waals surface area contributed by atoms with Crippen molar-refractivity contribution >= 4 is 11.9 Å². The number of nitrogens with one attached hydrogen (secondary N) is 2. The van der Waals surface area contributed by atoms with E-state index < -0.39 is 12.1 Å². The van der Waals surface area contributed by atoms with E-state index in [2.05, 4.69) is 10.6 Å². The predicted molar refractivity (Wildman–Crippen MR) is 52.5 cm³/mol. The van der Waals surface area contributed by atoms with Crippen LogP contribution < -0.4 is 10.6 Å². The van der Waals surface area contributed by atoms with E-state index in [0.717, 1.165) is 6.54 Å². The molecule has 86 valence electrons. The zero-order chi connectivity index (χ0) is 11.3. The molecule has 0 bridgehead atoms. The van der Waals surface area contributed by atoms with Crippen LogP contribution in [0.25, 0.3) is 0 Å². The Morgan fingerprint density at radius 1 is 1.67 bits per heavy atom. The second-order valence-corrected chi connectivity index (χ2v) is 3.57. The minimum absolute atomic E-state index is 0.0775. The van der Waals surface area contributed by atoms with Crippen LogP contribution in [0.4, 0.5) is 0 Å². The Balaban J connectivity index is 2.30. The van der Waals surface area contributed by atoms with Gasteiger partial charge in [0.25, 0.3) is 5.91 Å². The highest BCUT2D eigenvalue weighted by Crippen LogP contribution is 1.98. The highest BCUT2D eigenvalue weighted by Gasteiger charge is 2.23. The van der Waals surface area contributed by atoms with Crippen molar-refractivity contribution in [1.82, 2.24) is 10.6 Å². The molecule has 0 spiro atoms. The van der Waals surface area contributed by atoms with Crippen molar-refractivity contribution in [2.24, 2.45) is 0 Å². The van der Waals surface area contributed by atoms with Gasteiger partial charge < -0.3 is 20.5 Å². The lowest BCUT2D eigenvalue weighted by molar-refractivity contribution is -0.138. The Morgan fingerprint density at radius 2 is 2.40 bits per heavy atom. The lowest BCUT2D eigenvalue weighted by Gasteiger charge is -2.24. The van der Waals surface area contributed by atoms with Crippen molar-refractivity contribution in [3.8, 4) is 0 Å². The van der Waals surface area contributed by atoms with E-state index in [0.29, 0.717) is 13.2 Å². The number of carbonyl (C=O) groups excluding carboxylic acids is 1. The van der Waals surface area contributed by atoms with Crippen molar-refractivity contribution < 1.29 is 19.4 Å². The molecular weight excluding hydrogens is 200 g/mol. The molecule has 0 aromatic carbocycles. The Morgan fingerprint density at radius 3 is 2.93 bits per heavy atom. The number of hydrogen-bond acceptors (Lipinski definition) is 4. The van der Waals surface area contributed by atoms with Gasteiger partial charge in [-0.1, -0.05) is 0 Å². The van der Waals surface area contributed by atoms with Gasteiger partial charge in [0, 0.05) is 19.1 Å². The molecule has 1 rings (SSSR count). The molecule has 3 N–H and O–H groups in total. The molecule has 1 heterocycles. The molecule has 0 aliphatic carbocycles. The standard InChI is InChI=1S/C9H16N2O4/c1-6(4-8(12)13)11-9(14)7-5-10-2-3-15-7/h6-7,10H,2-5H2,1H3,(H,11,14)(H,12,13). The van der Waals surface area contributed by atoms with Crippen molar-refractivity contribution in [2.75, 3.05) is 19.7 Å². The molecule has 6 nitrogen and oxygen atoms in total. The molecule has 15 heavy (non-hydrogen) atoms. The molecular formula is C9H16N2O4. The Bertz CT molecular complexity index is 238. The van der Waals surface area contributed by atoms with Gasteiger partial charge in [-0.15, -0.1) is 0 Å². The van der Waals surface area contributed by atoms with Gasteiger partial charge in [-0.25, -0.2) is 0 Å². The van der Waals surface area contributed by atoms with E-state index in [9.17, 15) is 9.59 Å². The van der Waals surface area contributed by atoms with Gasteiger partial charge >= 0.3 is 5.97 Å². The van der Waals surface area contributed by atoms with Crippen LogP contribution >= 0.6 is 0 Å². The quantitative estimate of drug-likeness (QED) is 0.558. The molecule has 1 aliphatic rings. The number of carboxylic acid groups (broad SMARTS) is 1. The predicted octanol–water partition coefficient (Wildman–Crippen LogP) is -1.05. The molecule has 1 fully saturated rings. The fraction of sp³-hybridized carbons (Fsp3) is 0.778. The first-order valence-electron chi connectivity index (χ1n) is 4.94. The highest BCUT2D eigenvalue weighted by molar-refractivity contribution is 5.82. The summed E-state index contributed by atoms with van der Waals surface area (Å²) < 4.78 is 5.22. The average molecular weight is 216 g/mol. The van der Waals surface area contributed by atoms with Crippen LogP contribution in [0.3, 0.4) is 0 Å². The van der Waals surface area contributed by atoms with Gasteiger partial charge in [-0.3, -0.25) is 9.59 Å². The number of carboxylic acids is 1. The lowest BCUT2D eigenvalue weighted by atomic mass is 10.2. The van der Waals surface area contributed by atoms with E-state index >= 15 is 0 Å². The normalized spacial score (nSPS) is 23.1. The summed E-state index contributed by atoms with van der Waals surface area (Å²) >= 11 is 0. The fourth-order valence-electron chi connectivity index (χ4n) is 1.38. The van der Waals surface area contributed by atoms with Crippen molar-refractivity contribution in [1.29, 1.82) is 0 Å². The van der Waals surface area contributed by atoms with Gasteiger partial charge in [0.05, 0.1) is 13.0 Å². The SMILES string of the molecule is CC(CC(=O)O)NC(=O)C1CNCCO1. The molecule has 1 amide bonds. The van der Waals surface area contributed by atoms with Crippen LogP contribution in [0.15, 0.2) is 0 Å². The average Bonchev–Trinajstić information content (AvgIpc) is 2.17. The third-order valence-electron chi connectivity index (χ3n) is 2.09. The number of morpholine rings is 1. The number of rotatable bonds is 4. The maximum atomic E-state index is 11.5. The number of amides is 1. The third-order valence-corrected chi connectivity index (χ3v) is 2.09. The van der Waals surface area contributed by atoms with Crippen molar-refractivity contribution in [3.63, 3.8) is 0 Å². The van der Waals surface area contributed by atoms with E-state index in [1.807, 2.05) is 0 Å². The summed E-state index contributed by atoms with van der Waals surface area (Å²) in [6.45, 7) is 3.38. The Kier molecular flexibility index (Phi) is 4.51. The van der Waals surface area contributed by atoms with Crippen LogP contribution in [0, 0.1) is 0 Å². The highest BCUT2D eigenvalue weighted by atomic mass is 16.5. The molecule has 1 saturated heterocycles. The molecule has 0 aromatic heterocycles. The van der Waals surface area contributed by atoms with Gasteiger partial charge in [0.1, 0.15) is 6.10 Å². The van der Waals surface area contributed by atoms with E-state index in [4.69, 9.17) is 9.84 Å². The van der Waals surface area contributed by atoms with Gasteiger partial charge in [-0.05, 0) is 6.92 Å². The van der Waals surface area contributed by atoms with Gasteiger partial charge in [0.2, 0.25) is 0 Å². The maximum Gasteiger partial charge on any atom is 0.305 e. The van der Waals surface area contributed by atoms with Crippen LogP contribution in [0.1, 0.15) is 13.3 Å². The summed E-state index contributed by atoms with van der Waals surface area (Å²) in [6, 6.07) is -0.375. The molecule has 2 unspecified atom stereocenters. The van der Waals surface area contributed by atoms with E-state index in [-0.39, 0.29) is 18.4 Å².